The van der Waals surface area contributed by atoms with Crippen LogP contribution in [0, 0.1) is 5.92 Å². The average molecular weight is 141 g/mol. The van der Waals surface area contributed by atoms with Gasteiger partial charge in [0, 0.05) is 0 Å². The second kappa shape index (κ2) is 2.23. The SMILES string of the molecule is O=C1NCO[C@H]2CCC[C@@H]12. The maximum atomic E-state index is 11.1. The molecule has 3 nitrogen and oxygen atoms in total. The van der Waals surface area contributed by atoms with E-state index >= 15 is 0 Å². The molecule has 0 radical (unpaired) electrons. The summed E-state index contributed by atoms with van der Waals surface area (Å²) >= 11 is 0. The molecule has 0 aromatic heterocycles. The van der Waals surface area contributed by atoms with E-state index in [0.717, 1.165) is 19.3 Å². The van der Waals surface area contributed by atoms with Crippen molar-refractivity contribution in [3.63, 3.8) is 0 Å². The van der Waals surface area contributed by atoms with E-state index in [1.54, 1.807) is 0 Å². The third-order valence-corrected chi connectivity index (χ3v) is 2.33. The summed E-state index contributed by atoms with van der Waals surface area (Å²) in [5.41, 5.74) is 0. The van der Waals surface area contributed by atoms with Crippen LogP contribution in [-0.2, 0) is 9.53 Å². The predicted molar refractivity (Wildman–Crippen MR) is 35.2 cm³/mol. The van der Waals surface area contributed by atoms with Gasteiger partial charge in [0.1, 0.15) is 6.73 Å². The smallest absolute Gasteiger partial charge is 0.227 e. The van der Waals surface area contributed by atoms with Crippen LogP contribution in [0.15, 0.2) is 0 Å². The fourth-order valence-electron chi connectivity index (χ4n) is 1.78. The lowest BCUT2D eigenvalue weighted by Gasteiger charge is -2.25. The van der Waals surface area contributed by atoms with Gasteiger partial charge in [0.05, 0.1) is 12.0 Å². The Balaban J connectivity index is 2.10. The summed E-state index contributed by atoms with van der Waals surface area (Å²) in [7, 11) is 0. The van der Waals surface area contributed by atoms with Gasteiger partial charge in [-0.1, -0.05) is 0 Å². The molecule has 1 N–H and O–H groups in total. The van der Waals surface area contributed by atoms with E-state index < -0.39 is 0 Å². The minimum atomic E-state index is 0.161. The Morgan fingerprint density at radius 3 is 3.20 bits per heavy atom. The minimum Gasteiger partial charge on any atom is -0.357 e. The molecule has 2 rings (SSSR count). The quantitative estimate of drug-likeness (QED) is 0.525. The first-order valence-corrected chi connectivity index (χ1v) is 3.77. The Bertz CT molecular complexity index is 158. The highest BCUT2D eigenvalue weighted by Crippen LogP contribution is 2.29. The second-order valence-corrected chi connectivity index (χ2v) is 2.93. The zero-order valence-electron chi connectivity index (χ0n) is 5.80. The number of nitrogens with one attached hydrogen (secondary N) is 1. The topological polar surface area (TPSA) is 38.3 Å². The van der Waals surface area contributed by atoms with Gasteiger partial charge in [-0.3, -0.25) is 4.79 Å². The Morgan fingerprint density at radius 2 is 2.40 bits per heavy atom. The van der Waals surface area contributed by atoms with Crippen LogP contribution in [0.3, 0.4) is 0 Å². The van der Waals surface area contributed by atoms with E-state index in [9.17, 15) is 4.79 Å². The number of carbonyl (C=O) groups excluding carboxylic acids is 1. The fourth-order valence-corrected chi connectivity index (χ4v) is 1.78. The molecule has 0 aromatic carbocycles. The molecular weight excluding hydrogens is 130 g/mol. The van der Waals surface area contributed by atoms with Crippen molar-refractivity contribution in [2.45, 2.75) is 25.4 Å². The fraction of sp³-hybridized carbons (Fsp3) is 0.857. The normalized spacial score (nSPS) is 39.0. The van der Waals surface area contributed by atoms with Crippen molar-refractivity contribution >= 4 is 5.91 Å². The molecule has 0 bridgehead atoms. The molecule has 1 saturated carbocycles. The molecule has 3 heteroatoms. The van der Waals surface area contributed by atoms with Crippen molar-refractivity contribution in [3.8, 4) is 0 Å². The van der Waals surface area contributed by atoms with Gasteiger partial charge in [-0.15, -0.1) is 0 Å². The lowest BCUT2D eigenvalue weighted by Crippen LogP contribution is -2.43. The third-order valence-electron chi connectivity index (χ3n) is 2.33. The van der Waals surface area contributed by atoms with Crippen LogP contribution < -0.4 is 5.32 Å². The number of hydrogen-bond acceptors (Lipinski definition) is 2. The predicted octanol–water partition coefficient (Wildman–Crippen LogP) is 0.259. The van der Waals surface area contributed by atoms with Crippen molar-refractivity contribution in [1.29, 1.82) is 0 Å². The van der Waals surface area contributed by atoms with Crippen molar-refractivity contribution < 1.29 is 9.53 Å². The maximum Gasteiger partial charge on any atom is 0.227 e. The molecule has 2 fully saturated rings. The summed E-state index contributed by atoms with van der Waals surface area (Å²) in [6, 6.07) is 0. The first-order chi connectivity index (χ1) is 4.88. The van der Waals surface area contributed by atoms with E-state index in [2.05, 4.69) is 5.32 Å². The first kappa shape index (κ1) is 6.16. The molecule has 1 aliphatic carbocycles. The standard InChI is InChI=1S/C7H11NO2/c9-7-5-2-1-3-6(5)10-4-8-7/h5-6H,1-4H2,(H,8,9)/t5-,6+/m1/s1. The number of hydrogen-bond donors (Lipinski definition) is 1. The van der Waals surface area contributed by atoms with Crippen LogP contribution in [0.5, 0.6) is 0 Å². The van der Waals surface area contributed by atoms with Gasteiger partial charge >= 0.3 is 0 Å². The number of fused-ring (bicyclic) bond motifs is 1. The molecule has 1 saturated heterocycles. The van der Waals surface area contributed by atoms with E-state index in [-0.39, 0.29) is 17.9 Å². The number of amides is 1. The molecule has 0 spiro atoms. The molecular formula is C7H11NO2. The van der Waals surface area contributed by atoms with Gasteiger partial charge < -0.3 is 10.1 Å². The highest BCUT2D eigenvalue weighted by atomic mass is 16.5. The van der Waals surface area contributed by atoms with E-state index in [0.29, 0.717) is 6.73 Å². The van der Waals surface area contributed by atoms with Gasteiger partial charge in [0.15, 0.2) is 0 Å². The zero-order chi connectivity index (χ0) is 6.97. The Labute approximate surface area is 59.7 Å². The van der Waals surface area contributed by atoms with Gasteiger partial charge in [-0.2, -0.15) is 0 Å². The summed E-state index contributed by atoms with van der Waals surface area (Å²) < 4.78 is 5.34. The Kier molecular flexibility index (Phi) is 1.38. The van der Waals surface area contributed by atoms with Crippen LogP contribution in [0.4, 0.5) is 0 Å². The lowest BCUT2D eigenvalue weighted by molar-refractivity contribution is -0.139. The maximum absolute atomic E-state index is 11.1. The van der Waals surface area contributed by atoms with Crippen LogP contribution in [0.1, 0.15) is 19.3 Å². The van der Waals surface area contributed by atoms with Gasteiger partial charge in [-0.05, 0) is 19.3 Å². The Morgan fingerprint density at radius 1 is 1.50 bits per heavy atom. The average Bonchev–Trinajstić information content (AvgIpc) is 2.36. The van der Waals surface area contributed by atoms with Gasteiger partial charge in [0.25, 0.3) is 0 Å². The molecule has 56 valence electrons. The van der Waals surface area contributed by atoms with E-state index in [1.165, 1.54) is 0 Å². The summed E-state index contributed by atoms with van der Waals surface area (Å²) in [5.74, 6) is 0.350. The zero-order valence-corrected chi connectivity index (χ0v) is 5.80. The largest absolute Gasteiger partial charge is 0.357 e. The number of carbonyl (C=O) groups is 1. The van der Waals surface area contributed by atoms with Crippen molar-refractivity contribution in [2.24, 2.45) is 5.92 Å². The molecule has 0 aromatic rings. The molecule has 2 atom stereocenters. The van der Waals surface area contributed by atoms with Crippen LogP contribution in [0.25, 0.3) is 0 Å². The molecule has 1 aliphatic heterocycles. The number of ether oxygens (including phenoxy) is 1. The Hall–Kier alpha value is -0.570. The first-order valence-electron chi connectivity index (χ1n) is 3.77. The minimum absolute atomic E-state index is 0.161. The highest BCUT2D eigenvalue weighted by Gasteiger charge is 2.36. The molecule has 10 heavy (non-hydrogen) atoms. The van der Waals surface area contributed by atoms with Gasteiger partial charge in [-0.25, -0.2) is 0 Å². The lowest BCUT2D eigenvalue weighted by atomic mass is 10.0. The summed E-state index contributed by atoms with van der Waals surface area (Å²) in [5, 5.41) is 2.69. The van der Waals surface area contributed by atoms with Crippen LogP contribution in [0.2, 0.25) is 0 Å². The summed E-state index contributed by atoms with van der Waals surface area (Å²) in [6.07, 6.45) is 3.45. The summed E-state index contributed by atoms with van der Waals surface area (Å²) in [4.78, 5) is 11.1. The van der Waals surface area contributed by atoms with E-state index in [1.807, 2.05) is 0 Å². The molecule has 1 heterocycles. The molecule has 2 aliphatic rings. The van der Waals surface area contributed by atoms with E-state index in [4.69, 9.17) is 4.74 Å². The van der Waals surface area contributed by atoms with Crippen molar-refractivity contribution in [2.75, 3.05) is 6.73 Å². The number of rotatable bonds is 0. The van der Waals surface area contributed by atoms with Crippen molar-refractivity contribution in [1.82, 2.24) is 5.32 Å². The summed E-state index contributed by atoms with van der Waals surface area (Å²) in [6.45, 7) is 0.417. The third kappa shape index (κ3) is 0.814. The second-order valence-electron chi connectivity index (χ2n) is 2.93. The van der Waals surface area contributed by atoms with Crippen LogP contribution in [-0.4, -0.2) is 18.7 Å². The highest BCUT2D eigenvalue weighted by molar-refractivity contribution is 5.79. The monoisotopic (exact) mass is 141 g/mol. The molecule has 1 amide bonds. The van der Waals surface area contributed by atoms with Crippen molar-refractivity contribution in [3.05, 3.63) is 0 Å². The molecule has 0 unspecified atom stereocenters. The van der Waals surface area contributed by atoms with Gasteiger partial charge in [0.2, 0.25) is 5.91 Å². The van der Waals surface area contributed by atoms with Crippen LogP contribution >= 0.6 is 0 Å².